The minimum absolute atomic E-state index is 0.109. The molecule has 0 saturated carbocycles. The van der Waals surface area contributed by atoms with Gasteiger partial charge in [-0.15, -0.1) is 11.3 Å². The van der Waals surface area contributed by atoms with Crippen LogP contribution in [-0.4, -0.2) is 56.1 Å². The van der Waals surface area contributed by atoms with Crippen LogP contribution in [-0.2, 0) is 9.53 Å². The molecule has 6 nitrogen and oxygen atoms in total. The van der Waals surface area contributed by atoms with E-state index in [1.54, 1.807) is 11.4 Å². The zero-order chi connectivity index (χ0) is 14.5. The van der Waals surface area contributed by atoms with Crippen LogP contribution < -0.4 is 10.6 Å². The highest BCUT2D eigenvalue weighted by atomic mass is 32.1. The molecule has 20 heavy (non-hydrogen) atoms. The Morgan fingerprint density at radius 3 is 3.10 bits per heavy atom. The first-order valence-electron chi connectivity index (χ1n) is 6.52. The molecule has 1 amide bonds. The molecule has 1 aliphatic heterocycles. The summed E-state index contributed by atoms with van der Waals surface area (Å²) in [5.41, 5.74) is 0.523. The van der Waals surface area contributed by atoms with E-state index in [1.807, 2.05) is 0 Å². The van der Waals surface area contributed by atoms with Crippen molar-refractivity contribution >= 4 is 28.9 Å². The molecule has 0 aliphatic carbocycles. The highest BCUT2D eigenvalue weighted by molar-refractivity contribution is 7.12. The summed E-state index contributed by atoms with van der Waals surface area (Å²) in [6, 6.07) is 2.05. The van der Waals surface area contributed by atoms with Gasteiger partial charge in [-0.05, 0) is 18.4 Å². The number of anilines is 1. The summed E-state index contributed by atoms with van der Waals surface area (Å²) in [6.07, 6.45) is 0. The lowest BCUT2D eigenvalue weighted by Gasteiger charge is -2.33. The van der Waals surface area contributed by atoms with Crippen molar-refractivity contribution in [2.45, 2.75) is 13.0 Å². The van der Waals surface area contributed by atoms with Crippen LogP contribution in [0.4, 0.5) is 5.69 Å². The van der Waals surface area contributed by atoms with Gasteiger partial charge in [0.1, 0.15) is 4.88 Å². The third-order valence-corrected chi connectivity index (χ3v) is 4.19. The lowest BCUT2D eigenvalue weighted by molar-refractivity contribution is -0.118. The topological polar surface area (TPSA) is 70.7 Å². The van der Waals surface area contributed by atoms with E-state index in [0.29, 0.717) is 23.2 Å². The zero-order valence-corrected chi connectivity index (χ0v) is 12.5. The van der Waals surface area contributed by atoms with Gasteiger partial charge in [0.05, 0.1) is 19.3 Å². The Hall–Kier alpha value is -1.44. The number of piperazine rings is 1. The number of amides is 1. The molecule has 0 radical (unpaired) electrons. The predicted octanol–water partition coefficient (Wildman–Crippen LogP) is 0.767. The van der Waals surface area contributed by atoms with Gasteiger partial charge in [0.15, 0.2) is 0 Å². The van der Waals surface area contributed by atoms with Gasteiger partial charge in [0.2, 0.25) is 5.91 Å². The van der Waals surface area contributed by atoms with E-state index in [1.165, 1.54) is 18.4 Å². The van der Waals surface area contributed by atoms with Gasteiger partial charge in [-0.1, -0.05) is 0 Å². The van der Waals surface area contributed by atoms with E-state index >= 15 is 0 Å². The average molecular weight is 297 g/mol. The number of rotatable bonds is 4. The van der Waals surface area contributed by atoms with E-state index in [-0.39, 0.29) is 5.91 Å². The van der Waals surface area contributed by atoms with Crippen molar-refractivity contribution in [2.75, 3.05) is 38.6 Å². The van der Waals surface area contributed by atoms with Gasteiger partial charge in [-0.3, -0.25) is 9.69 Å². The van der Waals surface area contributed by atoms with Crippen molar-refractivity contribution in [3.8, 4) is 0 Å². The number of nitrogens with one attached hydrogen (secondary N) is 2. The first-order chi connectivity index (χ1) is 9.61. The number of esters is 1. The van der Waals surface area contributed by atoms with Crippen LogP contribution >= 0.6 is 11.3 Å². The molecule has 1 atom stereocenters. The third kappa shape index (κ3) is 3.56. The van der Waals surface area contributed by atoms with E-state index in [2.05, 4.69) is 27.2 Å². The lowest BCUT2D eigenvalue weighted by atomic mass is 10.2. The maximum atomic E-state index is 12.1. The fraction of sp³-hybridized carbons (Fsp3) is 0.538. The molecule has 1 saturated heterocycles. The summed E-state index contributed by atoms with van der Waals surface area (Å²) >= 11 is 1.26. The summed E-state index contributed by atoms with van der Waals surface area (Å²) in [4.78, 5) is 26.2. The standard InChI is InChI=1S/C13H19N3O3S/c1-9-7-14-4-5-16(9)8-11(17)15-10-3-6-20-12(10)13(18)19-2/h3,6,9,14H,4-5,7-8H2,1-2H3,(H,15,17)/t9-/m1/s1. The zero-order valence-electron chi connectivity index (χ0n) is 11.6. The van der Waals surface area contributed by atoms with Gasteiger partial charge in [-0.25, -0.2) is 4.79 Å². The fourth-order valence-electron chi connectivity index (χ4n) is 2.15. The molecule has 110 valence electrons. The normalized spacial score (nSPS) is 19.6. The van der Waals surface area contributed by atoms with Crippen molar-refractivity contribution < 1.29 is 14.3 Å². The number of carbonyl (C=O) groups excluding carboxylic acids is 2. The molecule has 0 aromatic carbocycles. The molecule has 1 aromatic heterocycles. The Balaban J connectivity index is 1.94. The van der Waals surface area contributed by atoms with Crippen LogP contribution in [0.3, 0.4) is 0 Å². The number of hydrogen-bond donors (Lipinski definition) is 2. The van der Waals surface area contributed by atoms with Crippen molar-refractivity contribution in [3.05, 3.63) is 16.3 Å². The second-order valence-corrected chi connectivity index (χ2v) is 5.64. The summed E-state index contributed by atoms with van der Waals surface area (Å²) in [5, 5.41) is 7.82. The van der Waals surface area contributed by atoms with Crippen LogP contribution in [0.25, 0.3) is 0 Å². The Morgan fingerprint density at radius 1 is 1.60 bits per heavy atom. The van der Waals surface area contributed by atoms with Crippen molar-refractivity contribution in [2.24, 2.45) is 0 Å². The van der Waals surface area contributed by atoms with Crippen molar-refractivity contribution in [1.82, 2.24) is 10.2 Å². The molecule has 0 unspecified atom stereocenters. The number of thiophene rings is 1. The smallest absolute Gasteiger partial charge is 0.350 e. The minimum atomic E-state index is -0.425. The SMILES string of the molecule is COC(=O)c1sccc1NC(=O)CN1CCNC[C@H]1C. The Bertz CT molecular complexity index is 489. The average Bonchev–Trinajstić information content (AvgIpc) is 2.88. The molecular formula is C13H19N3O3S. The van der Waals surface area contributed by atoms with Crippen molar-refractivity contribution in [3.63, 3.8) is 0 Å². The highest BCUT2D eigenvalue weighted by Gasteiger charge is 2.21. The molecule has 0 bridgehead atoms. The summed E-state index contributed by atoms with van der Waals surface area (Å²) in [5.74, 6) is -0.534. The van der Waals surface area contributed by atoms with Crippen LogP contribution in [0.5, 0.6) is 0 Å². The molecule has 2 heterocycles. The summed E-state index contributed by atoms with van der Waals surface area (Å²) in [6.45, 7) is 5.05. The van der Waals surface area contributed by atoms with Gasteiger partial charge < -0.3 is 15.4 Å². The Morgan fingerprint density at radius 2 is 2.40 bits per heavy atom. The molecule has 1 aromatic rings. The molecule has 0 spiro atoms. The molecular weight excluding hydrogens is 278 g/mol. The first kappa shape index (κ1) is 15.0. The monoisotopic (exact) mass is 297 g/mol. The van der Waals surface area contributed by atoms with E-state index in [4.69, 9.17) is 0 Å². The van der Waals surface area contributed by atoms with Crippen LogP contribution in [0.15, 0.2) is 11.4 Å². The van der Waals surface area contributed by atoms with Crippen LogP contribution in [0, 0.1) is 0 Å². The van der Waals surface area contributed by atoms with Crippen LogP contribution in [0.2, 0.25) is 0 Å². The number of nitrogens with zero attached hydrogens (tertiary/aromatic N) is 1. The largest absolute Gasteiger partial charge is 0.465 e. The fourth-order valence-corrected chi connectivity index (χ4v) is 2.92. The van der Waals surface area contributed by atoms with E-state index in [9.17, 15) is 9.59 Å². The molecule has 7 heteroatoms. The van der Waals surface area contributed by atoms with E-state index in [0.717, 1.165) is 19.6 Å². The number of ether oxygens (including phenoxy) is 1. The first-order valence-corrected chi connectivity index (χ1v) is 7.40. The Labute approximate surface area is 122 Å². The second kappa shape index (κ2) is 6.83. The second-order valence-electron chi connectivity index (χ2n) is 4.73. The number of hydrogen-bond acceptors (Lipinski definition) is 6. The van der Waals surface area contributed by atoms with E-state index < -0.39 is 5.97 Å². The van der Waals surface area contributed by atoms with Gasteiger partial charge in [0, 0.05) is 25.7 Å². The maximum absolute atomic E-state index is 12.1. The minimum Gasteiger partial charge on any atom is -0.465 e. The molecule has 1 fully saturated rings. The Kier molecular flexibility index (Phi) is 5.11. The quantitative estimate of drug-likeness (QED) is 0.803. The summed E-state index contributed by atoms with van der Waals surface area (Å²) < 4.78 is 4.69. The molecule has 2 N–H and O–H groups in total. The van der Waals surface area contributed by atoms with Crippen LogP contribution in [0.1, 0.15) is 16.6 Å². The molecule has 2 rings (SSSR count). The van der Waals surface area contributed by atoms with Gasteiger partial charge >= 0.3 is 5.97 Å². The highest BCUT2D eigenvalue weighted by Crippen LogP contribution is 2.23. The van der Waals surface area contributed by atoms with Crippen molar-refractivity contribution in [1.29, 1.82) is 0 Å². The van der Waals surface area contributed by atoms with Gasteiger partial charge in [0.25, 0.3) is 0 Å². The number of carbonyl (C=O) groups is 2. The number of methoxy groups -OCH3 is 1. The molecule has 1 aliphatic rings. The van der Waals surface area contributed by atoms with Gasteiger partial charge in [-0.2, -0.15) is 0 Å². The predicted molar refractivity (Wildman–Crippen MR) is 78.2 cm³/mol. The maximum Gasteiger partial charge on any atom is 0.350 e. The lowest BCUT2D eigenvalue weighted by Crippen LogP contribution is -2.52. The summed E-state index contributed by atoms with van der Waals surface area (Å²) in [7, 11) is 1.33. The third-order valence-electron chi connectivity index (χ3n) is 3.30.